The molecular formula is C11H13N3O4S. The lowest BCUT2D eigenvalue weighted by atomic mass is 9.99. The van der Waals surface area contributed by atoms with Crippen LogP contribution in [0.15, 0.2) is 5.38 Å². The fourth-order valence-corrected chi connectivity index (χ4v) is 2.42. The third kappa shape index (κ3) is 2.30. The standard InChI is InChI=1S/C11H13N3O4S/c1-3-11(2)9(17)14(10(18)13-11)4-6-5-19-7(12-6)8(15)16/h5H,3-4H2,1-2H3,(H,13,18)(H,15,16). The molecule has 19 heavy (non-hydrogen) atoms. The lowest BCUT2D eigenvalue weighted by Crippen LogP contribution is -2.43. The summed E-state index contributed by atoms with van der Waals surface area (Å²) in [5.74, 6) is -1.43. The van der Waals surface area contributed by atoms with Crippen molar-refractivity contribution in [3.8, 4) is 0 Å². The Balaban J connectivity index is 2.17. The van der Waals surface area contributed by atoms with Crippen LogP contribution in [0.2, 0.25) is 0 Å². The van der Waals surface area contributed by atoms with E-state index >= 15 is 0 Å². The van der Waals surface area contributed by atoms with E-state index in [4.69, 9.17) is 5.11 Å². The van der Waals surface area contributed by atoms with Crippen molar-refractivity contribution in [2.24, 2.45) is 0 Å². The molecule has 102 valence electrons. The topological polar surface area (TPSA) is 99.6 Å². The number of urea groups is 1. The maximum absolute atomic E-state index is 12.1. The van der Waals surface area contributed by atoms with Gasteiger partial charge in [0.1, 0.15) is 5.54 Å². The molecule has 1 aliphatic rings. The number of nitrogens with one attached hydrogen (secondary N) is 1. The fraction of sp³-hybridized carbons (Fsp3) is 0.455. The lowest BCUT2D eigenvalue weighted by Gasteiger charge is -2.18. The van der Waals surface area contributed by atoms with Crippen molar-refractivity contribution >= 4 is 29.2 Å². The summed E-state index contributed by atoms with van der Waals surface area (Å²) >= 11 is 0.969. The lowest BCUT2D eigenvalue weighted by molar-refractivity contribution is -0.131. The van der Waals surface area contributed by atoms with Crippen LogP contribution in [0.25, 0.3) is 0 Å². The summed E-state index contributed by atoms with van der Waals surface area (Å²) in [6, 6.07) is -0.473. The first-order chi connectivity index (χ1) is 8.87. The summed E-state index contributed by atoms with van der Waals surface area (Å²) in [7, 11) is 0. The van der Waals surface area contributed by atoms with Crippen molar-refractivity contribution in [2.75, 3.05) is 0 Å². The van der Waals surface area contributed by atoms with Crippen LogP contribution in [0, 0.1) is 0 Å². The van der Waals surface area contributed by atoms with Gasteiger partial charge in [-0.1, -0.05) is 6.92 Å². The molecule has 0 spiro atoms. The Kier molecular flexibility index (Phi) is 3.27. The molecule has 1 saturated heterocycles. The Morgan fingerprint density at radius 3 is 2.74 bits per heavy atom. The van der Waals surface area contributed by atoms with Crippen molar-refractivity contribution < 1.29 is 19.5 Å². The molecule has 7 nitrogen and oxygen atoms in total. The average molecular weight is 283 g/mol. The first-order valence-corrected chi connectivity index (χ1v) is 6.57. The minimum absolute atomic E-state index is 0.00988. The summed E-state index contributed by atoms with van der Waals surface area (Å²) in [5.41, 5.74) is -0.491. The SMILES string of the molecule is CCC1(C)NC(=O)N(Cc2csc(C(=O)O)n2)C1=O. The highest BCUT2D eigenvalue weighted by atomic mass is 32.1. The van der Waals surface area contributed by atoms with Crippen LogP contribution in [0.1, 0.15) is 35.8 Å². The molecule has 1 unspecified atom stereocenters. The molecule has 3 amide bonds. The van der Waals surface area contributed by atoms with Gasteiger partial charge in [0.25, 0.3) is 5.91 Å². The largest absolute Gasteiger partial charge is 0.476 e. The molecule has 1 atom stereocenters. The van der Waals surface area contributed by atoms with E-state index in [1.54, 1.807) is 6.92 Å². The Labute approximate surface area is 113 Å². The summed E-state index contributed by atoms with van der Waals surface area (Å²) in [6.07, 6.45) is 0.492. The highest BCUT2D eigenvalue weighted by molar-refractivity contribution is 7.11. The van der Waals surface area contributed by atoms with Crippen molar-refractivity contribution in [1.82, 2.24) is 15.2 Å². The number of imide groups is 1. The Morgan fingerprint density at radius 2 is 2.26 bits per heavy atom. The van der Waals surface area contributed by atoms with Crippen molar-refractivity contribution in [1.29, 1.82) is 0 Å². The van der Waals surface area contributed by atoms with E-state index < -0.39 is 17.5 Å². The monoisotopic (exact) mass is 283 g/mol. The van der Waals surface area contributed by atoms with Gasteiger partial charge in [-0.15, -0.1) is 11.3 Å². The molecule has 2 N–H and O–H groups in total. The molecule has 0 radical (unpaired) electrons. The number of thiazole rings is 1. The minimum atomic E-state index is -1.12. The number of carbonyl (C=O) groups is 3. The highest BCUT2D eigenvalue weighted by Gasteiger charge is 2.46. The van der Waals surface area contributed by atoms with E-state index in [9.17, 15) is 14.4 Å². The quantitative estimate of drug-likeness (QED) is 0.805. The van der Waals surface area contributed by atoms with Crippen LogP contribution in [-0.2, 0) is 11.3 Å². The number of carboxylic acids is 1. The van der Waals surface area contributed by atoms with Gasteiger partial charge in [-0.25, -0.2) is 14.6 Å². The second kappa shape index (κ2) is 4.61. The van der Waals surface area contributed by atoms with Gasteiger partial charge < -0.3 is 10.4 Å². The molecular weight excluding hydrogens is 270 g/mol. The number of aromatic carboxylic acids is 1. The predicted molar refractivity (Wildman–Crippen MR) is 66.9 cm³/mol. The normalized spacial score (nSPS) is 22.7. The van der Waals surface area contributed by atoms with Gasteiger partial charge >= 0.3 is 12.0 Å². The predicted octanol–water partition coefficient (Wildman–Crippen LogP) is 1.06. The van der Waals surface area contributed by atoms with Gasteiger partial charge in [0.05, 0.1) is 12.2 Å². The Morgan fingerprint density at radius 1 is 1.58 bits per heavy atom. The number of rotatable bonds is 4. The average Bonchev–Trinajstić information content (AvgIpc) is 2.90. The zero-order valence-electron chi connectivity index (χ0n) is 10.5. The third-order valence-corrected chi connectivity index (χ3v) is 3.99. The van der Waals surface area contributed by atoms with Crippen LogP contribution in [0.3, 0.4) is 0 Å². The van der Waals surface area contributed by atoms with Crippen LogP contribution >= 0.6 is 11.3 Å². The summed E-state index contributed by atoms with van der Waals surface area (Å²) in [4.78, 5) is 39.5. The molecule has 0 saturated carbocycles. The van der Waals surface area contributed by atoms with Crippen LogP contribution in [-0.4, -0.2) is 38.4 Å². The van der Waals surface area contributed by atoms with E-state index in [1.165, 1.54) is 5.38 Å². The number of nitrogens with zero attached hydrogens (tertiary/aromatic N) is 2. The first-order valence-electron chi connectivity index (χ1n) is 5.69. The number of carbonyl (C=O) groups excluding carboxylic acids is 2. The second-order valence-electron chi connectivity index (χ2n) is 4.46. The second-order valence-corrected chi connectivity index (χ2v) is 5.31. The van der Waals surface area contributed by atoms with Crippen LogP contribution in [0.4, 0.5) is 4.79 Å². The van der Waals surface area contributed by atoms with Gasteiger partial charge in [0.2, 0.25) is 5.01 Å². The van der Waals surface area contributed by atoms with E-state index in [2.05, 4.69) is 10.3 Å². The number of carboxylic acid groups (broad SMARTS) is 1. The minimum Gasteiger partial charge on any atom is -0.476 e. The molecule has 1 fully saturated rings. The zero-order chi connectivity index (χ0) is 14.2. The van der Waals surface area contributed by atoms with E-state index in [0.29, 0.717) is 12.1 Å². The summed E-state index contributed by atoms with van der Waals surface area (Å²) in [6.45, 7) is 3.47. The summed E-state index contributed by atoms with van der Waals surface area (Å²) in [5, 5.41) is 12.9. The smallest absolute Gasteiger partial charge is 0.365 e. The van der Waals surface area contributed by atoms with Gasteiger partial charge in [-0.05, 0) is 13.3 Å². The first kappa shape index (κ1) is 13.5. The van der Waals surface area contributed by atoms with E-state index in [1.807, 2.05) is 6.92 Å². The maximum atomic E-state index is 12.1. The van der Waals surface area contributed by atoms with Crippen LogP contribution < -0.4 is 5.32 Å². The molecule has 1 aromatic rings. The third-order valence-electron chi connectivity index (χ3n) is 3.11. The van der Waals surface area contributed by atoms with E-state index in [-0.39, 0.29) is 17.5 Å². The molecule has 0 aliphatic carbocycles. The van der Waals surface area contributed by atoms with Gasteiger partial charge in [0.15, 0.2) is 0 Å². The number of hydrogen-bond donors (Lipinski definition) is 2. The maximum Gasteiger partial charge on any atom is 0.365 e. The van der Waals surface area contributed by atoms with Gasteiger partial charge in [-0.2, -0.15) is 0 Å². The highest BCUT2D eigenvalue weighted by Crippen LogP contribution is 2.23. The van der Waals surface area contributed by atoms with Gasteiger partial charge in [0, 0.05) is 5.38 Å². The van der Waals surface area contributed by atoms with Crippen LogP contribution in [0.5, 0.6) is 0 Å². The Hall–Kier alpha value is -1.96. The zero-order valence-corrected chi connectivity index (χ0v) is 11.3. The van der Waals surface area contributed by atoms with Crippen molar-refractivity contribution in [3.63, 3.8) is 0 Å². The molecule has 1 aliphatic heterocycles. The number of amides is 3. The molecule has 8 heteroatoms. The number of aromatic nitrogens is 1. The van der Waals surface area contributed by atoms with Crippen molar-refractivity contribution in [2.45, 2.75) is 32.4 Å². The molecule has 1 aromatic heterocycles. The molecule has 2 rings (SSSR count). The number of hydrogen-bond acceptors (Lipinski definition) is 5. The molecule has 0 aromatic carbocycles. The van der Waals surface area contributed by atoms with Gasteiger partial charge in [-0.3, -0.25) is 9.69 Å². The molecule has 2 heterocycles. The summed E-state index contributed by atoms with van der Waals surface area (Å²) < 4.78 is 0. The Bertz CT molecular complexity index is 556. The van der Waals surface area contributed by atoms with E-state index in [0.717, 1.165) is 16.2 Å². The molecule has 0 bridgehead atoms. The fourth-order valence-electron chi connectivity index (χ4n) is 1.77. The van der Waals surface area contributed by atoms with Crippen molar-refractivity contribution in [3.05, 3.63) is 16.1 Å².